The highest BCUT2D eigenvalue weighted by atomic mass is 32.2. The lowest BCUT2D eigenvalue weighted by Crippen LogP contribution is -2.24. The maximum absolute atomic E-state index is 12.4. The summed E-state index contributed by atoms with van der Waals surface area (Å²) in [5.74, 6) is 0.579. The zero-order chi connectivity index (χ0) is 16.4. The Morgan fingerprint density at radius 2 is 2.13 bits per heavy atom. The van der Waals surface area contributed by atoms with Crippen molar-refractivity contribution in [3.05, 3.63) is 24.9 Å². The van der Waals surface area contributed by atoms with E-state index in [0.29, 0.717) is 16.5 Å². The molecule has 3 aromatic heterocycles. The lowest BCUT2D eigenvalue weighted by atomic mass is 10.4. The molecule has 23 heavy (non-hydrogen) atoms. The molecule has 2 N–H and O–H groups in total. The lowest BCUT2D eigenvalue weighted by molar-refractivity contribution is -0.115. The first-order valence-electron chi connectivity index (χ1n) is 7.21. The summed E-state index contributed by atoms with van der Waals surface area (Å²) in [7, 11) is 0. The average molecular weight is 331 g/mol. The molecule has 0 aromatic carbocycles. The molecule has 3 heterocycles. The number of thioether (sulfide) groups is 1. The number of nitrogens with one attached hydrogen (secondary N) is 2. The van der Waals surface area contributed by atoms with E-state index in [0.717, 1.165) is 5.52 Å². The number of anilines is 1. The minimum absolute atomic E-state index is 0.108. The molecule has 9 heteroatoms. The smallest absolute Gasteiger partial charge is 0.238 e. The number of imidazole rings is 1. The molecule has 0 unspecified atom stereocenters. The van der Waals surface area contributed by atoms with Crippen LogP contribution in [0.1, 0.15) is 26.8 Å². The number of rotatable bonds is 5. The van der Waals surface area contributed by atoms with Crippen LogP contribution in [0.25, 0.3) is 11.2 Å². The number of hydrogen-bond acceptors (Lipinski definition) is 6. The molecule has 0 aliphatic heterocycles. The van der Waals surface area contributed by atoms with Crippen LogP contribution in [0.15, 0.2) is 29.9 Å². The zero-order valence-corrected chi connectivity index (χ0v) is 13.8. The molecule has 3 aromatic rings. The molecule has 1 atom stereocenters. The van der Waals surface area contributed by atoms with Crippen LogP contribution in [-0.2, 0) is 4.79 Å². The van der Waals surface area contributed by atoms with Crippen LogP contribution >= 0.6 is 11.8 Å². The van der Waals surface area contributed by atoms with Gasteiger partial charge in [-0.1, -0.05) is 11.8 Å². The highest BCUT2D eigenvalue weighted by Gasteiger charge is 2.19. The number of fused-ring (bicyclic) bond motifs is 1. The Morgan fingerprint density at radius 3 is 2.91 bits per heavy atom. The van der Waals surface area contributed by atoms with Gasteiger partial charge in [-0.05, 0) is 20.8 Å². The summed E-state index contributed by atoms with van der Waals surface area (Å²) in [6.45, 7) is 5.85. The van der Waals surface area contributed by atoms with Crippen LogP contribution in [0.3, 0.4) is 0 Å². The normalized spacial score (nSPS) is 12.7. The van der Waals surface area contributed by atoms with E-state index >= 15 is 0 Å². The predicted molar refractivity (Wildman–Crippen MR) is 88.2 cm³/mol. The van der Waals surface area contributed by atoms with E-state index in [1.165, 1.54) is 18.1 Å². The minimum atomic E-state index is -0.327. The van der Waals surface area contributed by atoms with Crippen molar-refractivity contribution < 1.29 is 4.79 Å². The van der Waals surface area contributed by atoms with Crippen molar-refractivity contribution in [3.8, 4) is 0 Å². The number of amides is 1. The molecule has 0 radical (unpaired) electrons. The van der Waals surface area contributed by atoms with Gasteiger partial charge in [0, 0.05) is 12.1 Å². The van der Waals surface area contributed by atoms with E-state index in [4.69, 9.17) is 0 Å². The summed E-state index contributed by atoms with van der Waals surface area (Å²) in [4.78, 5) is 27.8. The topological polar surface area (TPSA) is 101 Å². The largest absolute Gasteiger partial charge is 0.341 e. The number of hydrogen-bond donors (Lipinski definition) is 2. The lowest BCUT2D eigenvalue weighted by Gasteiger charge is -2.14. The number of carbonyl (C=O) groups excluding carboxylic acids is 1. The predicted octanol–water partition coefficient (Wildman–Crippen LogP) is 2.25. The van der Waals surface area contributed by atoms with Crippen molar-refractivity contribution >= 4 is 34.7 Å². The summed E-state index contributed by atoms with van der Waals surface area (Å²) in [6.07, 6.45) is 4.69. The molecular formula is C14H17N7OS. The van der Waals surface area contributed by atoms with E-state index in [9.17, 15) is 4.79 Å². The van der Waals surface area contributed by atoms with Crippen molar-refractivity contribution in [2.45, 2.75) is 37.1 Å². The van der Waals surface area contributed by atoms with Gasteiger partial charge in [-0.25, -0.2) is 19.6 Å². The Kier molecular flexibility index (Phi) is 4.28. The zero-order valence-electron chi connectivity index (χ0n) is 13.0. The van der Waals surface area contributed by atoms with Gasteiger partial charge in [0.1, 0.15) is 22.7 Å². The van der Waals surface area contributed by atoms with Gasteiger partial charge in [-0.3, -0.25) is 4.79 Å². The molecule has 0 aliphatic carbocycles. The molecule has 0 bridgehead atoms. The SMILES string of the molecule is CC(C)n1nccc1NC(=O)[C@H](C)Sc1ncnc2nc[nH]c12. The monoisotopic (exact) mass is 331 g/mol. The van der Waals surface area contributed by atoms with E-state index in [2.05, 4.69) is 30.4 Å². The Hall–Kier alpha value is -2.42. The molecular weight excluding hydrogens is 314 g/mol. The third-order valence-corrected chi connectivity index (χ3v) is 4.36. The number of nitrogens with zero attached hydrogens (tertiary/aromatic N) is 5. The fourth-order valence-corrected chi connectivity index (χ4v) is 2.98. The molecule has 1 amide bonds. The van der Waals surface area contributed by atoms with Crippen molar-refractivity contribution in [1.82, 2.24) is 29.7 Å². The van der Waals surface area contributed by atoms with Gasteiger partial charge in [-0.15, -0.1) is 0 Å². The van der Waals surface area contributed by atoms with Crippen molar-refractivity contribution in [3.63, 3.8) is 0 Å². The fraction of sp³-hybridized carbons (Fsp3) is 0.357. The molecule has 120 valence electrons. The third kappa shape index (κ3) is 3.19. The van der Waals surface area contributed by atoms with Crippen molar-refractivity contribution in [2.24, 2.45) is 0 Å². The minimum Gasteiger partial charge on any atom is -0.341 e. The molecule has 3 rings (SSSR count). The third-order valence-electron chi connectivity index (χ3n) is 3.26. The van der Waals surface area contributed by atoms with Gasteiger partial charge in [-0.2, -0.15) is 5.10 Å². The number of carbonyl (C=O) groups is 1. The molecule has 8 nitrogen and oxygen atoms in total. The van der Waals surface area contributed by atoms with Crippen molar-refractivity contribution in [1.29, 1.82) is 0 Å². The van der Waals surface area contributed by atoms with E-state index in [1.54, 1.807) is 23.3 Å². The van der Waals surface area contributed by atoms with Gasteiger partial charge < -0.3 is 10.3 Å². The average Bonchev–Trinajstić information content (AvgIpc) is 3.16. The van der Waals surface area contributed by atoms with Crippen LogP contribution in [0.2, 0.25) is 0 Å². The summed E-state index contributed by atoms with van der Waals surface area (Å²) in [5.41, 5.74) is 1.33. The first-order chi connectivity index (χ1) is 11.1. The van der Waals surface area contributed by atoms with Crippen LogP contribution in [0.5, 0.6) is 0 Å². The molecule has 0 saturated heterocycles. The van der Waals surface area contributed by atoms with Crippen LogP contribution in [-0.4, -0.2) is 40.9 Å². The second-order valence-electron chi connectivity index (χ2n) is 5.28. The highest BCUT2D eigenvalue weighted by molar-refractivity contribution is 8.00. The second kappa shape index (κ2) is 6.37. The maximum atomic E-state index is 12.4. The molecule has 0 fully saturated rings. The first kappa shape index (κ1) is 15.5. The van der Waals surface area contributed by atoms with Crippen LogP contribution < -0.4 is 5.32 Å². The first-order valence-corrected chi connectivity index (χ1v) is 8.09. The van der Waals surface area contributed by atoms with Gasteiger partial charge in [0.25, 0.3) is 0 Å². The van der Waals surface area contributed by atoms with Crippen LogP contribution in [0.4, 0.5) is 5.82 Å². The molecule has 0 aliphatic rings. The molecule has 0 spiro atoms. The Morgan fingerprint density at radius 1 is 1.30 bits per heavy atom. The maximum Gasteiger partial charge on any atom is 0.238 e. The Balaban J connectivity index is 1.73. The van der Waals surface area contributed by atoms with Gasteiger partial charge >= 0.3 is 0 Å². The van der Waals surface area contributed by atoms with Gasteiger partial charge in [0.05, 0.1) is 17.8 Å². The number of aromatic amines is 1. The Bertz CT molecular complexity index is 825. The summed E-state index contributed by atoms with van der Waals surface area (Å²) in [5, 5.41) is 7.49. The van der Waals surface area contributed by atoms with Crippen LogP contribution in [0, 0.1) is 0 Å². The van der Waals surface area contributed by atoms with Gasteiger partial charge in [0.2, 0.25) is 5.91 Å². The quantitative estimate of drug-likeness (QED) is 0.549. The number of aromatic nitrogens is 6. The van der Waals surface area contributed by atoms with Crippen molar-refractivity contribution in [2.75, 3.05) is 5.32 Å². The van der Waals surface area contributed by atoms with E-state index < -0.39 is 0 Å². The highest BCUT2D eigenvalue weighted by Crippen LogP contribution is 2.26. The van der Waals surface area contributed by atoms with E-state index in [1.807, 2.05) is 20.8 Å². The summed E-state index contributed by atoms with van der Waals surface area (Å²) >= 11 is 1.36. The number of H-pyrrole nitrogens is 1. The Labute approximate surface area is 137 Å². The molecule has 0 saturated carbocycles. The summed E-state index contributed by atoms with van der Waals surface area (Å²) < 4.78 is 1.77. The fourth-order valence-electron chi connectivity index (χ4n) is 2.11. The summed E-state index contributed by atoms with van der Waals surface area (Å²) in [6, 6.07) is 1.96. The standard InChI is InChI=1S/C14H17N7OS/c1-8(2)21-10(4-5-19-21)20-13(22)9(3)23-14-11-12(16-6-15-11)17-7-18-14/h4-9H,1-3H3,(H,20,22)(H,15,16,17,18)/t9-/m0/s1. The second-order valence-corrected chi connectivity index (χ2v) is 6.61. The van der Waals surface area contributed by atoms with E-state index in [-0.39, 0.29) is 17.2 Å². The van der Waals surface area contributed by atoms with Gasteiger partial charge in [0.15, 0.2) is 5.65 Å².